The average Bonchev–Trinajstić information content (AvgIpc) is 2.78. The van der Waals surface area contributed by atoms with Crippen LogP contribution in [0.4, 0.5) is 0 Å². The highest BCUT2D eigenvalue weighted by Gasteiger charge is 2.24. The molecule has 2 aromatic rings. The number of carboxylic acid groups (broad SMARTS) is 1. The topological polar surface area (TPSA) is 68.5 Å². The van der Waals surface area contributed by atoms with Crippen molar-refractivity contribution in [2.75, 3.05) is 6.61 Å². The minimum atomic E-state index is -0.845. The molecule has 5 nitrogen and oxygen atoms in total. The van der Waals surface area contributed by atoms with Gasteiger partial charge in [-0.15, -0.1) is 0 Å². The molecule has 0 saturated carbocycles. The Morgan fingerprint density at radius 3 is 2.32 bits per heavy atom. The number of nitrogens with zero attached hydrogens (tertiary/aromatic N) is 1. The molecule has 2 rings (SSSR count). The van der Waals surface area contributed by atoms with Crippen molar-refractivity contribution in [2.45, 2.75) is 47.1 Å². The molecule has 0 amide bonds. The zero-order valence-corrected chi connectivity index (χ0v) is 15.3. The highest BCUT2D eigenvalue weighted by Crippen LogP contribution is 2.26. The van der Waals surface area contributed by atoms with Gasteiger partial charge in [0.2, 0.25) is 0 Å². The maximum atomic E-state index is 12.5. The second-order valence-corrected chi connectivity index (χ2v) is 6.22. The van der Waals surface area contributed by atoms with Crippen LogP contribution in [0.3, 0.4) is 0 Å². The molecule has 0 unspecified atom stereocenters. The van der Waals surface area contributed by atoms with Crippen molar-refractivity contribution in [3.05, 3.63) is 57.9 Å². The number of aliphatic carboxylic acids is 1. The fourth-order valence-electron chi connectivity index (χ4n) is 3.08. The molecular weight excluding hydrogens is 318 g/mol. The van der Waals surface area contributed by atoms with Crippen molar-refractivity contribution in [3.63, 3.8) is 0 Å². The zero-order chi connectivity index (χ0) is 18.6. The number of benzene rings is 1. The SMILES string of the molecule is CCOC(=O)c1c(C)c(CCC(=O)O)c(C)n1Cc1ccc(C)cc1. The van der Waals surface area contributed by atoms with Crippen LogP contribution in [-0.4, -0.2) is 28.2 Å². The van der Waals surface area contributed by atoms with Gasteiger partial charge in [0.15, 0.2) is 0 Å². The van der Waals surface area contributed by atoms with E-state index in [0.29, 0.717) is 25.3 Å². The van der Waals surface area contributed by atoms with Crippen LogP contribution in [0.15, 0.2) is 24.3 Å². The van der Waals surface area contributed by atoms with E-state index in [2.05, 4.69) is 0 Å². The second-order valence-electron chi connectivity index (χ2n) is 6.22. The van der Waals surface area contributed by atoms with E-state index in [-0.39, 0.29) is 12.4 Å². The van der Waals surface area contributed by atoms with Crippen LogP contribution in [0.1, 0.15) is 51.8 Å². The Hall–Kier alpha value is -2.56. The van der Waals surface area contributed by atoms with Gasteiger partial charge in [-0.1, -0.05) is 29.8 Å². The Morgan fingerprint density at radius 1 is 1.12 bits per heavy atom. The molecule has 0 fully saturated rings. The van der Waals surface area contributed by atoms with E-state index in [4.69, 9.17) is 9.84 Å². The van der Waals surface area contributed by atoms with Crippen LogP contribution in [0, 0.1) is 20.8 Å². The van der Waals surface area contributed by atoms with Gasteiger partial charge in [0, 0.05) is 18.7 Å². The number of aromatic nitrogens is 1. The highest BCUT2D eigenvalue weighted by atomic mass is 16.5. The molecule has 1 heterocycles. The van der Waals surface area contributed by atoms with E-state index in [1.807, 2.05) is 49.6 Å². The largest absolute Gasteiger partial charge is 0.481 e. The molecule has 0 aliphatic rings. The van der Waals surface area contributed by atoms with Crippen molar-refractivity contribution in [3.8, 4) is 0 Å². The molecule has 1 aromatic carbocycles. The number of aryl methyl sites for hydroxylation is 1. The number of rotatable bonds is 7. The summed E-state index contributed by atoms with van der Waals surface area (Å²) >= 11 is 0. The third-order valence-electron chi connectivity index (χ3n) is 4.44. The van der Waals surface area contributed by atoms with Gasteiger partial charge in [0.25, 0.3) is 0 Å². The summed E-state index contributed by atoms with van der Waals surface area (Å²) < 4.78 is 7.16. The van der Waals surface area contributed by atoms with Crippen LogP contribution >= 0.6 is 0 Å². The van der Waals surface area contributed by atoms with Crippen molar-refractivity contribution < 1.29 is 19.4 Å². The van der Waals surface area contributed by atoms with Gasteiger partial charge in [-0.2, -0.15) is 0 Å². The normalized spacial score (nSPS) is 10.7. The van der Waals surface area contributed by atoms with Gasteiger partial charge in [-0.05, 0) is 50.8 Å². The molecule has 0 saturated heterocycles. The quantitative estimate of drug-likeness (QED) is 0.779. The molecule has 0 atom stereocenters. The number of hydrogen-bond acceptors (Lipinski definition) is 3. The number of carbonyl (C=O) groups is 2. The molecular formula is C20H25NO4. The van der Waals surface area contributed by atoms with E-state index in [0.717, 1.165) is 22.4 Å². The summed E-state index contributed by atoms with van der Waals surface area (Å²) in [5.74, 6) is -1.21. The lowest BCUT2D eigenvalue weighted by molar-refractivity contribution is -0.136. The number of ether oxygens (including phenoxy) is 1. The summed E-state index contributed by atoms with van der Waals surface area (Å²) in [5.41, 5.74) is 5.42. The van der Waals surface area contributed by atoms with Crippen molar-refractivity contribution in [2.24, 2.45) is 0 Å². The molecule has 0 spiro atoms. The van der Waals surface area contributed by atoms with E-state index < -0.39 is 5.97 Å². The Bertz CT molecular complexity index is 772. The standard InChI is InChI=1S/C20H25NO4/c1-5-25-20(24)19-14(3)17(10-11-18(22)23)15(4)21(19)12-16-8-6-13(2)7-9-16/h6-9H,5,10-12H2,1-4H3,(H,22,23). The molecule has 0 aliphatic carbocycles. The summed E-state index contributed by atoms with van der Waals surface area (Å²) in [7, 11) is 0. The number of carbonyl (C=O) groups excluding carboxylic acids is 1. The Labute approximate surface area is 148 Å². The molecule has 1 aromatic heterocycles. The minimum absolute atomic E-state index is 0.0402. The summed E-state index contributed by atoms with van der Waals surface area (Å²) in [4.78, 5) is 23.4. The van der Waals surface area contributed by atoms with Crippen molar-refractivity contribution >= 4 is 11.9 Å². The van der Waals surface area contributed by atoms with Gasteiger partial charge in [0.05, 0.1) is 6.61 Å². The number of carboxylic acids is 1. The van der Waals surface area contributed by atoms with E-state index in [9.17, 15) is 9.59 Å². The predicted octanol–water partition coefficient (Wildman–Crippen LogP) is 3.66. The molecule has 0 aliphatic heterocycles. The first-order chi connectivity index (χ1) is 11.8. The van der Waals surface area contributed by atoms with E-state index >= 15 is 0 Å². The van der Waals surface area contributed by atoms with Gasteiger partial charge in [-0.3, -0.25) is 4.79 Å². The van der Waals surface area contributed by atoms with E-state index in [1.54, 1.807) is 6.92 Å². The first kappa shape index (κ1) is 18.8. The average molecular weight is 343 g/mol. The Balaban J connectivity index is 2.46. The van der Waals surface area contributed by atoms with Gasteiger partial charge in [0.1, 0.15) is 5.69 Å². The number of esters is 1. The van der Waals surface area contributed by atoms with Crippen LogP contribution in [-0.2, 0) is 22.5 Å². The zero-order valence-electron chi connectivity index (χ0n) is 15.3. The lowest BCUT2D eigenvalue weighted by Crippen LogP contribution is -2.15. The Kier molecular flexibility index (Phi) is 6.02. The van der Waals surface area contributed by atoms with Crippen molar-refractivity contribution in [1.82, 2.24) is 4.57 Å². The molecule has 134 valence electrons. The van der Waals surface area contributed by atoms with Gasteiger partial charge >= 0.3 is 11.9 Å². The van der Waals surface area contributed by atoms with Crippen LogP contribution in [0.2, 0.25) is 0 Å². The summed E-state index contributed by atoms with van der Waals surface area (Å²) in [6, 6.07) is 8.15. The molecule has 1 N–H and O–H groups in total. The lowest BCUT2D eigenvalue weighted by Gasteiger charge is -2.12. The van der Waals surface area contributed by atoms with Crippen LogP contribution < -0.4 is 0 Å². The molecule has 0 bridgehead atoms. The summed E-state index contributed by atoms with van der Waals surface area (Å²) in [6.07, 6.45) is 0.443. The first-order valence-electron chi connectivity index (χ1n) is 8.48. The Morgan fingerprint density at radius 2 is 1.76 bits per heavy atom. The molecule has 25 heavy (non-hydrogen) atoms. The third kappa shape index (κ3) is 4.29. The van der Waals surface area contributed by atoms with Crippen molar-refractivity contribution in [1.29, 1.82) is 0 Å². The second kappa shape index (κ2) is 8.01. The van der Waals surface area contributed by atoms with Gasteiger partial charge < -0.3 is 14.4 Å². The van der Waals surface area contributed by atoms with E-state index in [1.165, 1.54) is 5.56 Å². The molecule has 0 radical (unpaired) electrons. The predicted molar refractivity (Wildman–Crippen MR) is 96.1 cm³/mol. The van der Waals surface area contributed by atoms with Crippen LogP contribution in [0.25, 0.3) is 0 Å². The maximum Gasteiger partial charge on any atom is 0.355 e. The third-order valence-corrected chi connectivity index (χ3v) is 4.44. The van der Waals surface area contributed by atoms with Gasteiger partial charge in [-0.25, -0.2) is 4.79 Å². The fraction of sp³-hybridized carbons (Fsp3) is 0.400. The molecule has 5 heteroatoms. The lowest BCUT2D eigenvalue weighted by atomic mass is 10.1. The number of hydrogen-bond donors (Lipinski definition) is 1. The summed E-state index contributed by atoms with van der Waals surface area (Å²) in [6.45, 7) is 8.45. The minimum Gasteiger partial charge on any atom is -0.481 e. The van der Waals surface area contributed by atoms with Crippen LogP contribution in [0.5, 0.6) is 0 Å². The highest BCUT2D eigenvalue weighted by molar-refractivity contribution is 5.90. The maximum absolute atomic E-state index is 12.5. The first-order valence-corrected chi connectivity index (χ1v) is 8.48. The smallest absolute Gasteiger partial charge is 0.355 e. The monoisotopic (exact) mass is 343 g/mol. The fourth-order valence-corrected chi connectivity index (χ4v) is 3.08. The summed E-state index contributed by atoms with van der Waals surface area (Å²) in [5, 5.41) is 8.99.